The maximum atomic E-state index is 10.7. The largest absolute Gasteiger partial charge is 0.278 e. The molecule has 0 fully saturated rings. The molecule has 82 valence electrons. The molecule has 1 rings (SSSR count). The van der Waals surface area contributed by atoms with Crippen LogP contribution >= 0.6 is 23.2 Å². The second kappa shape index (κ2) is 5.50. The van der Waals surface area contributed by atoms with Gasteiger partial charge in [0.05, 0.1) is 33.0 Å². The van der Waals surface area contributed by atoms with Crippen molar-refractivity contribution in [3.8, 4) is 6.07 Å². The molecule has 0 saturated carbocycles. The van der Waals surface area contributed by atoms with Gasteiger partial charge in [0.2, 0.25) is 0 Å². The van der Waals surface area contributed by atoms with Gasteiger partial charge in [-0.15, -0.1) is 0 Å². The highest BCUT2D eigenvalue weighted by Crippen LogP contribution is 2.31. The SMILES string of the molecule is N#CCC=Cc1cc(Cl)c(Cl)cc1[N+](=O)[O-]. The zero-order valence-electron chi connectivity index (χ0n) is 7.98. The number of allylic oxidation sites excluding steroid dienone is 1. The van der Waals surface area contributed by atoms with Crippen molar-refractivity contribution in [1.29, 1.82) is 5.26 Å². The van der Waals surface area contributed by atoms with E-state index in [0.717, 1.165) is 0 Å². The Morgan fingerprint density at radius 3 is 2.62 bits per heavy atom. The van der Waals surface area contributed by atoms with Crippen LogP contribution in [0.4, 0.5) is 5.69 Å². The van der Waals surface area contributed by atoms with Crippen molar-refractivity contribution in [3.63, 3.8) is 0 Å². The average Bonchev–Trinajstić information content (AvgIpc) is 2.23. The topological polar surface area (TPSA) is 66.9 Å². The molecule has 0 atom stereocenters. The molecule has 0 aliphatic rings. The van der Waals surface area contributed by atoms with E-state index in [-0.39, 0.29) is 22.2 Å². The number of nitrogens with zero attached hydrogens (tertiary/aromatic N) is 2. The van der Waals surface area contributed by atoms with Crippen molar-refractivity contribution in [3.05, 3.63) is 43.9 Å². The van der Waals surface area contributed by atoms with Crippen molar-refractivity contribution in [2.24, 2.45) is 0 Å². The number of nitro groups is 1. The van der Waals surface area contributed by atoms with Crippen molar-refractivity contribution in [1.82, 2.24) is 0 Å². The number of halogens is 2. The van der Waals surface area contributed by atoms with Crippen LogP contribution in [0.5, 0.6) is 0 Å². The molecule has 0 aliphatic carbocycles. The molecule has 0 radical (unpaired) electrons. The molecule has 0 spiro atoms. The summed E-state index contributed by atoms with van der Waals surface area (Å²) in [5.41, 5.74) is 0.193. The third kappa shape index (κ3) is 2.96. The van der Waals surface area contributed by atoms with Crippen LogP contribution in [0.25, 0.3) is 6.08 Å². The van der Waals surface area contributed by atoms with Gasteiger partial charge >= 0.3 is 0 Å². The van der Waals surface area contributed by atoms with Crippen LogP contribution in [0.1, 0.15) is 12.0 Å². The van der Waals surface area contributed by atoms with Crippen molar-refractivity contribution < 1.29 is 4.92 Å². The van der Waals surface area contributed by atoms with Gasteiger partial charge in [-0.3, -0.25) is 10.1 Å². The lowest BCUT2D eigenvalue weighted by Gasteiger charge is -2.00. The summed E-state index contributed by atoms with van der Waals surface area (Å²) in [6.45, 7) is 0. The molecule has 0 aliphatic heterocycles. The molecule has 6 heteroatoms. The summed E-state index contributed by atoms with van der Waals surface area (Å²) in [6, 6.07) is 4.49. The predicted octanol–water partition coefficient (Wildman–Crippen LogP) is 3.83. The Morgan fingerprint density at radius 1 is 1.44 bits per heavy atom. The molecule has 0 saturated heterocycles. The molecule has 1 aromatic carbocycles. The first-order chi connectivity index (χ1) is 7.56. The zero-order valence-corrected chi connectivity index (χ0v) is 9.50. The summed E-state index contributed by atoms with van der Waals surface area (Å²) in [5, 5.41) is 19.4. The number of benzene rings is 1. The first-order valence-electron chi connectivity index (χ1n) is 4.23. The monoisotopic (exact) mass is 256 g/mol. The number of nitriles is 1. The third-order valence-electron chi connectivity index (χ3n) is 1.77. The first-order valence-corrected chi connectivity index (χ1v) is 4.98. The van der Waals surface area contributed by atoms with Gasteiger partial charge in [-0.2, -0.15) is 5.26 Å². The summed E-state index contributed by atoms with van der Waals surface area (Å²) in [6.07, 6.45) is 3.17. The molecule has 0 N–H and O–H groups in total. The van der Waals surface area contributed by atoms with Crippen LogP contribution in [-0.2, 0) is 0 Å². The van der Waals surface area contributed by atoms with E-state index >= 15 is 0 Å². The lowest BCUT2D eigenvalue weighted by atomic mass is 10.1. The van der Waals surface area contributed by atoms with Gasteiger partial charge in [-0.1, -0.05) is 35.4 Å². The average molecular weight is 257 g/mol. The van der Waals surface area contributed by atoms with Gasteiger partial charge in [0.25, 0.3) is 5.69 Å². The van der Waals surface area contributed by atoms with Crippen LogP contribution in [0.3, 0.4) is 0 Å². The standard InChI is InChI=1S/C10H6Cl2N2O2/c11-8-5-7(3-1-2-4-13)10(14(15)16)6-9(8)12/h1,3,5-6H,2H2. The minimum absolute atomic E-state index is 0.130. The van der Waals surface area contributed by atoms with Gasteiger partial charge in [0, 0.05) is 6.07 Å². The zero-order chi connectivity index (χ0) is 12.1. The van der Waals surface area contributed by atoms with E-state index in [1.54, 1.807) is 0 Å². The van der Waals surface area contributed by atoms with Crippen molar-refractivity contribution in [2.45, 2.75) is 6.42 Å². The van der Waals surface area contributed by atoms with Gasteiger partial charge in [-0.05, 0) is 6.07 Å². The van der Waals surface area contributed by atoms with Crippen molar-refractivity contribution in [2.75, 3.05) is 0 Å². The maximum absolute atomic E-state index is 10.7. The summed E-state index contributed by atoms with van der Waals surface area (Å²) in [7, 11) is 0. The molecular weight excluding hydrogens is 251 g/mol. The van der Waals surface area contributed by atoms with E-state index in [2.05, 4.69) is 0 Å². The van der Waals surface area contributed by atoms with Gasteiger partial charge in [0.1, 0.15) is 0 Å². The van der Waals surface area contributed by atoms with Crippen LogP contribution < -0.4 is 0 Å². The first kappa shape index (κ1) is 12.5. The fourth-order valence-corrected chi connectivity index (χ4v) is 1.41. The normalized spacial score (nSPS) is 10.3. The lowest BCUT2D eigenvalue weighted by Crippen LogP contribution is -1.91. The minimum atomic E-state index is -0.547. The summed E-state index contributed by atoms with van der Waals surface area (Å²) in [5.74, 6) is 0. The number of nitro benzene ring substituents is 1. The number of hydrogen-bond donors (Lipinski definition) is 0. The Bertz CT molecular complexity index is 492. The summed E-state index contributed by atoms with van der Waals surface area (Å²) < 4.78 is 0. The number of rotatable bonds is 3. The summed E-state index contributed by atoms with van der Waals surface area (Å²) in [4.78, 5) is 10.2. The smallest absolute Gasteiger partial charge is 0.258 e. The highest BCUT2D eigenvalue weighted by molar-refractivity contribution is 6.42. The van der Waals surface area contributed by atoms with E-state index in [9.17, 15) is 10.1 Å². The van der Waals surface area contributed by atoms with Crippen LogP contribution in [0.2, 0.25) is 10.0 Å². The quantitative estimate of drug-likeness (QED) is 0.610. The number of hydrogen-bond acceptors (Lipinski definition) is 3. The third-order valence-corrected chi connectivity index (χ3v) is 2.49. The van der Waals surface area contributed by atoms with Crippen LogP contribution in [0.15, 0.2) is 18.2 Å². The van der Waals surface area contributed by atoms with Gasteiger partial charge in [-0.25, -0.2) is 0 Å². The minimum Gasteiger partial charge on any atom is -0.258 e. The Morgan fingerprint density at radius 2 is 2.06 bits per heavy atom. The highest BCUT2D eigenvalue weighted by atomic mass is 35.5. The van der Waals surface area contributed by atoms with Gasteiger partial charge < -0.3 is 0 Å². The van der Waals surface area contributed by atoms with E-state index in [4.69, 9.17) is 28.5 Å². The molecule has 0 heterocycles. The lowest BCUT2D eigenvalue weighted by molar-refractivity contribution is -0.385. The van der Waals surface area contributed by atoms with Gasteiger partial charge in [0.15, 0.2) is 0 Å². The predicted molar refractivity (Wildman–Crippen MR) is 62.4 cm³/mol. The molecule has 0 aromatic heterocycles. The Kier molecular flexibility index (Phi) is 4.29. The molecule has 16 heavy (non-hydrogen) atoms. The molecule has 0 bridgehead atoms. The van der Waals surface area contributed by atoms with E-state index in [0.29, 0.717) is 5.56 Å². The van der Waals surface area contributed by atoms with E-state index < -0.39 is 4.92 Å². The molecule has 4 nitrogen and oxygen atoms in total. The second-order valence-electron chi connectivity index (χ2n) is 2.85. The molecule has 0 amide bonds. The van der Waals surface area contributed by atoms with Crippen LogP contribution in [-0.4, -0.2) is 4.92 Å². The molecule has 0 unspecified atom stereocenters. The van der Waals surface area contributed by atoms with E-state index in [1.165, 1.54) is 24.3 Å². The molecular formula is C10H6Cl2N2O2. The summed E-state index contributed by atoms with van der Waals surface area (Å²) >= 11 is 11.4. The highest BCUT2D eigenvalue weighted by Gasteiger charge is 2.14. The fraction of sp³-hybridized carbons (Fsp3) is 0.100. The maximum Gasteiger partial charge on any atom is 0.278 e. The fourth-order valence-electron chi connectivity index (χ4n) is 1.08. The second-order valence-corrected chi connectivity index (χ2v) is 3.66. The Balaban J connectivity index is 3.21. The van der Waals surface area contributed by atoms with Crippen molar-refractivity contribution >= 4 is 35.0 Å². The Labute approximate surface area is 102 Å². The molecule has 1 aromatic rings. The Hall–Kier alpha value is -1.57. The van der Waals surface area contributed by atoms with Crippen LogP contribution in [0, 0.1) is 21.4 Å². The van der Waals surface area contributed by atoms with E-state index in [1.807, 2.05) is 6.07 Å².